The summed E-state index contributed by atoms with van der Waals surface area (Å²) in [5.74, 6) is 6.45. The van der Waals surface area contributed by atoms with Gasteiger partial charge in [-0.1, -0.05) is 0 Å². The molecule has 0 aliphatic heterocycles. The van der Waals surface area contributed by atoms with Gasteiger partial charge in [0, 0.05) is 17.8 Å². The highest BCUT2D eigenvalue weighted by Crippen LogP contribution is 2.33. The molecule has 0 saturated carbocycles. The van der Waals surface area contributed by atoms with Crippen LogP contribution in [0.2, 0.25) is 0 Å². The fourth-order valence-electron chi connectivity index (χ4n) is 2.15. The van der Waals surface area contributed by atoms with Crippen molar-refractivity contribution in [1.82, 2.24) is 20.2 Å². The average Bonchev–Trinajstić information content (AvgIpc) is 2.83. The van der Waals surface area contributed by atoms with Crippen LogP contribution in [0.25, 0.3) is 0 Å². The van der Waals surface area contributed by atoms with Gasteiger partial charge in [0.05, 0.1) is 35.7 Å². The van der Waals surface area contributed by atoms with Crippen molar-refractivity contribution in [3.8, 4) is 5.75 Å². The molecule has 0 spiro atoms. The van der Waals surface area contributed by atoms with Gasteiger partial charge in [-0.25, -0.2) is 5.43 Å². The Balaban J connectivity index is 2.55. The molecular formula is C13H18BrN5O. The third-order valence-corrected chi connectivity index (χ3v) is 3.67. The lowest BCUT2D eigenvalue weighted by molar-refractivity contribution is 0.397. The topological polar surface area (TPSA) is 78.0 Å². The number of aromatic nitrogens is 3. The van der Waals surface area contributed by atoms with Crippen LogP contribution in [0.3, 0.4) is 0 Å². The highest BCUT2D eigenvalue weighted by atomic mass is 79.9. The Morgan fingerprint density at radius 2 is 2.15 bits per heavy atom. The smallest absolute Gasteiger partial charge is 0.142 e. The molecule has 0 fully saturated rings. The molecule has 2 rings (SSSR count). The Kier molecular flexibility index (Phi) is 4.74. The fourth-order valence-corrected chi connectivity index (χ4v) is 2.65. The molecule has 1 unspecified atom stereocenters. The molecule has 6 nitrogen and oxygen atoms in total. The number of pyridine rings is 1. The first-order valence-corrected chi connectivity index (χ1v) is 7.06. The summed E-state index contributed by atoms with van der Waals surface area (Å²) in [7, 11) is 1.61. The standard InChI is InChI=1S/C13H18BrN5O/c1-8(2)19-13(10(14)6-17-19)12(18-15)9-4-5-16-7-11(9)20-3/h4-8,12,18H,15H2,1-3H3. The average molecular weight is 340 g/mol. The molecular weight excluding hydrogens is 322 g/mol. The van der Waals surface area contributed by atoms with Crippen LogP contribution < -0.4 is 16.0 Å². The van der Waals surface area contributed by atoms with Crippen LogP contribution in [0.4, 0.5) is 0 Å². The second kappa shape index (κ2) is 6.34. The Labute approximate surface area is 126 Å². The minimum absolute atomic E-state index is 0.222. The van der Waals surface area contributed by atoms with E-state index in [0.29, 0.717) is 5.75 Å². The molecule has 2 aromatic rings. The minimum Gasteiger partial charge on any atom is -0.495 e. The zero-order chi connectivity index (χ0) is 14.7. The normalized spacial score (nSPS) is 12.7. The number of halogens is 1. The number of hydrazine groups is 1. The summed E-state index contributed by atoms with van der Waals surface area (Å²) < 4.78 is 8.18. The molecule has 0 amide bonds. The number of rotatable bonds is 5. The molecule has 0 saturated heterocycles. The van der Waals surface area contributed by atoms with Crippen molar-refractivity contribution < 1.29 is 4.74 Å². The summed E-state index contributed by atoms with van der Waals surface area (Å²) in [4.78, 5) is 4.07. The van der Waals surface area contributed by atoms with Crippen molar-refractivity contribution in [2.24, 2.45) is 5.84 Å². The molecule has 0 bridgehead atoms. The van der Waals surface area contributed by atoms with Gasteiger partial charge in [-0.15, -0.1) is 0 Å². The Bertz CT molecular complexity index is 584. The van der Waals surface area contributed by atoms with Crippen molar-refractivity contribution in [3.63, 3.8) is 0 Å². The second-order valence-corrected chi connectivity index (χ2v) is 5.49. The number of nitrogens with zero attached hydrogens (tertiary/aromatic N) is 3. The van der Waals surface area contributed by atoms with Crippen molar-refractivity contribution >= 4 is 15.9 Å². The maximum atomic E-state index is 5.77. The summed E-state index contributed by atoms with van der Waals surface area (Å²) in [5.41, 5.74) is 4.69. The summed E-state index contributed by atoms with van der Waals surface area (Å²) in [6, 6.07) is 1.86. The lowest BCUT2D eigenvalue weighted by Gasteiger charge is -2.22. The van der Waals surface area contributed by atoms with E-state index in [4.69, 9.17) is 10.6 Å². The zero-order valence-electron chi connectivity index (χ0n) is 11.7. The lowest BCUT2D eigenvalue weighted by atomic mass is 10.0. The summed E-state index contributed by atoms with van der Waals surface area (Å²) in [5, 5.41) is 4.38. The number of ether oxygens (including phenoxy) is 1. The lowest BCUT2D eigenvalue weighted by Crippen LogP contribution is -2.31. The van der Waals surface area contributed by atoms with E-state index in [2.05, 4.69) is 45.3 Å². The number of nitrogens with one attached hydrogen (secondary N) is 1. The van der Waals surface area contributed by atoms with Crippen LogP contribution in [0, 0.1) is 0 Å². The summed E-state index contributed by atoms with van der Waals surface area (Å²) in [6.45, 7) is 4.14. The zero-order valence-corrected chi connectivity index (χ0v) is 13.3. The van der Waals surface area contributed by atoms with Gasteiger partial charge in [0.2, 0.25) is 0 Å². The third kappa shape index (κ3) is 2.70. The van der Waals surface area contributed by atoms with Crippen LogP contribution in [-0.2, 0) is 0 Å². The predicted octanol–water partition coefficient (Wildman–Crippen LogP) is 2.18. The van der Waals surface area contributed by atoms with Gasteiger partial charge in [-0.05, 0) is 35.8 Å². The van der Waals surface area contributed by atoms with Crippen molar-refractivity contribution in [3.05, 3.63) is 40.4 Å². The first-order valence-electron chi connectivity index (χ1n) is 6.27. The highest BCUT2D eigenvalue weighted by molar-refractivity contribution is 9.10. The van der Waals surface area contributed by atoms with E-state index in [1.165, 1.54) is 0 Å². The molecule has 7 heteroatoms. The molecule has 3 N–H and O–H groups in total. The molecule has 1 atom stereocenters. The fraction of sp³-hybridized carbons (Fsp3) is 0.385. The van der Waals surface area contributed by atoms with Crippen LogP contribution in [0.5, 0.6) is 5.75 Å². The van der Waals surface area contributed by atoms with E-state index >= 15 is 0 Å². The second-order valence-electron chi connectivity index (χ2n) is 4.63. The quantitative estimate of drug-likeness (QED) is 0.644. The SMILES string of the molecule is COc1cnccc1C(NN)c1c(Br)cnn1C(C)C. The van der Waals surface area contributed by atoms with E-state index in [1.807, 2.05) is 10.7 Å². The minimum atomic E-state index is -0.243. The molecule has 0 aliphatic carbocycles. The first-order chi connectivity index (χ1) is 9.60. The Hall–Kier alpha value is -1.44. The molecule has 2 heterocycles. The summed E-state index contributed by atoms with van der Waals surface area (Å²) >= 11 is 3.54. The van der Waals surface area contributed by atoms with E-state index in [9.17, 15) is 0 Å². The van der Waals surface area contributed by atoms with Crippen LogP contribution in [0.1, 0.15) is 37.2 Å². The van der Waals surface area contributed by atoms with E-state index < -0.39 is 0 Å². The van der Waals surface area contributed by atoms with Gasteiger partial charge in [0.25, 0.3) is 0 Å². The number of methoxy groups -OCH3 is 1. The number of nitrogens with two attached hydrogens (primary N) is 1. The monoisotopic (exact) mass is 339 g/mol. The van der Waals surface area contributed by atoms with Crippen molar-refractivity contribution in [2.75, 3.05) is 7.11 Å². The van der Waals surface area contributed by atoms with E-state index in [0.717, 1.165) is 15.7 Å². The molecule has 0 aromatic carbocycles. The van der Waals surface area contributed by atoms with E-state index in [1.54, 1.807) is 25.7 Å². The molecule has 108 valence electrons. The van der Waals surface area contributed by atoms with Crippen LogP contribution in [-0.4, -0.2) is 21.9 Å². The largest absolute Gasteiger partial charge is 0.495 e. The van der Waals surface area contributed by atoms with Crippen LogP contribution in [0.15, 0.2) is 29.1 Å². The molecule has 20 heavy (non-hydrogen) atoms. The van der Waals surface area contributed by atoms with Gasteiger partial charge in [-0.2, -0.15) is 5.10 Å². The Morgan fingerprint density at radius 1 is 1.40 bits per heavy atom. The van der Waals surface area contributed by atoms with E-state index in [-0.39, 0.29) is 12.1 Å². The van der Waals surface area contributed by atoms with Crippen molar-refractivity contribution in [1.29, 1.82) is 0 Å². The maximum Gasteiger partial charge on any atom is 0.142 e. The highest BCUT2D eigenvalue weighted by Gasteiger charge is 2.24. The summed E-state index contributed by atoms with van der Waals surface area (Å²) in [6.07, 6.45) is 5.16. The van der Waals surface area contributed by atoms with Gasteiger partial charge in [0.15, 0.2) is 0 Å². The number of hydrogen-bond acceptors (Lipinski definition) is 5. The maximum absolute atomic E-state index is 5.77. The third-order valence-electron chi connectivity index (χ3n) is 3.06. The number of hydrogen-bond donors (Lipinski definition) is 2. The van der Waals surface area contributed by atoms with Crippen molar-refractivity contribution in [2.45, 2.75) is 25.9 Å². The van der Waals surface area contributed by atoms with Crippen LogP contribution >= 0.6 is 15.9 Å². The van der Waals surface area contributed by atoms with Gasteiger partial charge in [0.1, 0.15) is 5.75 Å². The van der Waals surface area contributed by atoms with Gasteiger partial charge in [-0.3, -0.25) is 15.5 Å². The van der Waals surface area contributed by atoms with Gasteiger partial charge < -0.3 is 4.74 Å². The predicted molar refractivity (Wildman–Crippen MR) is 80.3 cm³/mol. The first kappa shape index (κ1) is 15.0. The molecule has 0 aliphatic rings. The van der Waals surface area contributed by atoms with Gasteiger partial charge >= 0.3 is 0 Å². The Morgan fingerprint density at radius 3 is 2.75 bits per heavy atom. The molecule has 0 radical (unpaired) electrons. The molecule has 2 aromatic heterocycles.